The summed E-state index contributed by atoms with van der Waals surface area (Å²) in [5, 5.41) is 25.2. The van der Waals surface area contributed by atoms with Gasteiger partial charge in [-0.25, -0.2) is 4.79 Å². The number of hydrogen-bond acceptors (Lipinski definition) is 7. The van der Waals surface area contributed by atoms with Gasteiger partial charge >= 0.3 is 6.09 Å². The van der Waals surface area contributed by atoms with Gasteiger partial charge in [-0.2, -0.15) is 0 Å². The molecule has 1 atom stereocenters. The van der Waals surface area contributed by atoms with Gasteiger partial charge in [0.1, 0.15) is 11.9 Å². The number of aliphatic hydroxyl groups is 1. The third kappa shape index (κ3) is 9.24. The van der Waals surface area contributed by atoms with E-state index in [0.29, 0.717) is 44.6 Å². The number of aliphatic hydroxyl groups excluding tert-OH is 1. The van der Waals surface area contributed by atoms with Crippen molar-refractivity contribution in [3.8, 4) is 0 Å². The number of nitrogens with one attached hydrogen (secondary N) is 4. The van der Waals surface area contributed by atoms with Crippen LogP contribution in [0.1, 0.15) is 30.9 Å². The van der Waals surface area contributed by atoms with Crippen LogP contribution < -0.4 is 21.7 Å². The number of carbonyl (C=O) groups is 3. The van der Waals surface area contributed by atoms with Crippen molar-refractivity contribution in [2.24, 2.45) is 5.73 Å². The Hall–Kier alpha value is -2.89. The van der Waals surface area contributed by atoms with Crippen LogP contribution in [0, 0.1) is 5.41 Å². The van der Waals surface area contributed by atoms with E-state index in [1.807, 2.05) is 0 Å². The zero-order chi connectivity index (χ0) is 23.5. The molecule has 33 heavy (non-hydrogen) atoms. The molecule has 1 aliphatic heterocycles. The molecule has 184 valence electrons. The van der Waals surface area contributed by atoms with Crippen LogP contribution in [0.4, 0.5) is 4.79 Å². The van der Waals surface area contributed by atoms with Gasteiger partial charge in [0.05, 0.1) is 19.8 Å². The number of likely N-dealkylation sites (tertiary alicyclic amines) is 1. The zero-order valence-electron chi connectivity index (χ0n) is 18.6. The average Bonchev–Trinajstić information content (AvgIpc) is 2.79. The zero-order valence-corrected chi connectivity index (χ0v) is 19.5. The quantitative estimate of drug-likeness (QED) is 0.195. The van der Waals surface area contributed by atoms with Gasteiger partial charge in [0.15, 0.2) is 0 Å². The summed E-state index contributed by atoms with van der Waals surface area (Å²) in [7, 11) is 0. The number of amidine groups is 1. The molecule has 0 saturated carbocycles. The molecule has 0 aliphatic carbocycles. The predicted octanol–water partition coefficient (Wildman–Crippen LogP) is -0.304. The summed E-state index contributed by atoms with van der Waals surface area (Å²) < 4.78 is 4.97. The van der Waals surface area contributed by atoms with Gasteiger partial charge in [-0.05, 0) is 25.3 Å². The summed E-state index contributed by atoms with van der Waals surface area (Å²) in [6.45, 7) is 2.77. The van der Waals surface area contributed by atoms with Crippen molar-refractivity contribution in [3.63, 3.8) is 0 Å². The lowest BCUT2D eigenvalue weighted by Gasteiger charge is -2.31. The molecule has 0 aromatic heterocycles. The number of rotatable bonds is 10. The van der Waals surface area contributed by atoms with E-state index < -0.39 is 18.6 Å². The van der Waals surface area contributed by atoms with E-state index in [2.05, 4.69) is 16.0 Å². The van der Waals surface area contributed by atoms with Crippen molar-refractivity contribution < 1.29 is 24.2 Å². The molecular formula is C21H33ClN6O5. The highest BCUT2D eigenvalue weighted by Crippen LogP contribution is 2.11. The average molecular weight is 485 g/mol. The van der Waals surface area contributed by atoms with Crippen molar-refractivity contribution >= 4 is 36.2 Å². The highest BCUT2D eigenvalue weighted by Gasteiger charge is 2.25. The molecule has 3 amide bonds. The van der Waals surface area contributed by atoms with Crippen molar-refractivity contribution in [1.82, 2.24) is 20.9 Å². The Bertz CT molecular complexity index is 799. The highest BCUT2D eigenvalue weighted by molar-refractivity contribution is 5.94. The largest absolute Gasteiger partial charge is 0.450 e. The van der Waals surface area contributed by atoms with Gasteiger partial charge in [-0.3, -0.25) is 20.3 Å². The normalized spacial score (nSPS) is 14.5. The van der Waals surface area contributed by atoms with Crippen molar-refractivity contribution in [2.45, 2.75) is 38.4 Å². The molecule has 0 bridgehead atoms. The third-order valence-electron chi connectivity index (χ3n) is 5.13. The van der Waals surface area contributed by atoms with Gasteiger partial charge in [-0.1, -0.05) is 24.3 Å². The van der Waals surface area contributed by atoms with Gasteiger partial charge in [0.2, 0.25) is 11.8 Å². The van der Waals surface area contributed by atoms with Crippen LogP contribution in [0.5, 0.6) is 0 Å². The summed E-state index contributed by atoms with van der Waals surface area (Å²) in [4.78, 5) is 37.8. The van der Waals surface area contributed by atoms with E-state index in [9.17, 15) is 19.5 Å². The minimum atomic E-state index is -0.872. The first kappa shape index (κ1) is 28.1. The Morgan fingerprint density at radius 3 is 2.42 bits per heavy atom. The maximum atomic E-state index is 12.3. The number of hydrogen-bond donors (Lipinski definition) is 6. The molecule has 1 aromatic carbocycles. The van der Waals surface area contributed by atoms with E-state index >= 15 is 0 Å². The summed E-state index contributed by atoms with van der Waals surface area (Å²) in [6, 6.07) is 6.01. The maximum absolute atomic E-state index is 12.3. The van der Waals surface area contributed by atoms with Crippen LogP contribution in [-0.2, 0) is 20.9 Å². The number of nitrogens with zero attached hydrogens (tertiary/aromatic N) is 1. The van der Waals surface area contributed by atoms with E-state index in [4.69, 9.17) is 15.9 Å². The number of ether oxygens (including phenoxy) is 1. The highest BCUT2D eigenvalue weighted by atomic mass is 35.5. The molecular weight excluding hydrogens is 452 g/mol. The molecule has 1 aliphatic rings. The van der Waals surface area contributed by atoms with E-state index in [0.717, 1.165) is 5.56 Å². The Morgan fingerprint density at radius 1 is 1.24 bits per heavy atom. The second-order valence-electron chi connectivity index (χ2n) is 7.47. The van der Waals surface area contributed by atoms with Crippen LogP contribution in [0.3, 0.4) is 0 Å². The summed E-state index contributed by atoms with van der Waals surface area (Å²) in [5.41, 5.74) is 6.88. The van der Waals surface area contributed by atoms with E-state index in [-0.39, 0.29) is 42.8 Å². The minimum absolute atomic E-state index is 0. The van der Waals surface area contributed by atoms with E-state index in [1.54, 1.807) is 36.1 Å². The fourth-order valence-electron chi connectivity index (χ4n) is 3.27. The first-order chi connectivity index (χ1) is 15.3. The molecule has 2 rings (SSSR count). The van der Waals surface area contributed by atoms with Crippen LogP contribution in [0.2, 0.25) is 0 Å². The fourth-order valence-corrected chi connectivity index (χ4v) is 3.27. The number of carbonyl (C=O) groups excluding carboxylic acids is 3. The standard InChI is InChI=1S/C21H32N6O5.ClH/c1-2-32-21(31)27-9-7-16(8-10-27)26-18(29)12-25-20(30)17(13-28)24-11-14-3-5-15(6-4-14)19(22)23;/h3-6,16-17,24,28H,2,7-13H2,1H3,(H3,22,23)(H,25,30)(H,26,29);1H. The number of nitrogens with two attached hydrogens (primary N) is 1. The Labute approximate surface area is 199 Å². The maximum Gasteiger partial charge on any atom is 0.409 e. The third-order valence-corrected chi connectivity index (χ3v) is 5.13. The molecule has 1 fully saturated rings. The van der Waals surface area contributed by atoms with E-state index in [1.165, 1.54) is 0 Å². The Kier molecular flexibility index (Phi) is 12.2. The van der Waals surface area contributed by atoms with Crippen LogP contribution in [0.25, 0.3) is 0 Å². The summed E-state index contributed by atoms with van der Waals surface area (Å²) in [6.07, 6.45) is 0.880. The predicted molar refractivity (Wildman–Crippen MR) is 125 cm³/mol. The first-order valence-electron chi connectivity index (χ1n) is 10.6. The van der Waals surface area contributed by atoms with Crippen LogP contribution in [0.15, 0.2) is 24.3 Å². The fraction of sp³-hybridized carbons (Fsp3) is 0.524. The van der Waals surface area contributed by atoms with Crippen molar-refractivity contribution in [3.05, 3.63) is 35.4 Å². The Balaban J connectivity index is 0.00000544. The molecule has 1 saturated heterocycles. The molecule has 0 radical (unpaired) electrons. The number of piperidine rings is 1. The molecule has 12 heteroatoms. The Morgan fingerprint density at radius 2 is 1.88 bits per heavy atom. The van der Waals surface area contributed by atoms with Crippen molar-refractivity contribution in [2.75, 3.05) is 32.8 Å². The second kappa shape index (κ2) is 14.3. The lowest BCUT2D eigenvalue weighted by molar-refractivity contribution is -0.128. The smallest absolute Gasteiger partial charge is 0.409 e. The summed E-state index contributed by atoms with van der Waals surface area (Å²) in [5.74, 6) is -0.843. The lowest BCUT2D eigenvalue weighted by atomic mass is 10.1. The van der Waals surface area contributed by atoms with Gasteiger partial charge < -0.3 is 31.1 Å². The second-order valence-corrected chi connectivity index (χ2v) is 7.47. The SMILES string of the molecule is CCOC(=O)N1CCC(NC(=O)CNC(=O)C(CO)NCc2ccc(C(=N)N)cc2)CC1.Cl. The van der Waals surface area contributed by atoms with Gasteiger partial charge in [0, 0.05) is 31.2 Å². The number of halogens is 1. The van der Waals surface area contributed by atoms with Crippen molar-refractivity contribution in [1.29, 1.82) is 5.41 Å². The van der Waals surface area contributed by atoms with Gasteiger partial charge in [0.25, 0.3) is 0 Å². The molecule has 0 spiro atoms. The first-order valence-corrected chi connectivity index (χ1v) is 10.6. The summed E-state index contributed by atoms with van der Waals surface area (Å²) >= 11 is 0. The molecule has 1 heterocycles. The lowest BCUT2D eigenvalue weighted by Crippen LogP contribution is -2.51. The number of nitrogen functional groups attached to an aromatic ring is 1. The topological polar surface area (TPSA) is 170 Å². The number of benzene rings is 1. The minimum Gasteiger partial charge on any atom is -0.450 e. The molecule has 1 unspecified atom stereocenters. The molecule has 7 N–H and O–H groups in total. The monoisotopic (exact) mass is 484 g/mol. The van der Waals surface area contributed by atoms with Crippen LogP contribution in [-0.4, -0.2) is 78.7 Å². The molecule has 11 nitrogen and oxygen atoms in total. The number of amides is 3. The van der Waals surface area contributed by atoms with Gasteiger partial charge in [-0.15, -0.1) is 12.4 Å². The molecule has 1 aromatic rings. The van der Waals surface area contributed by atoms with Crippen LogP contribution >= 0.6 is 12.4 Å².